The molecule has 2 aromatic carbocycles. The number of nitrogens with one attached hydrogen (secondary N) is 1. The van der Waals surface area contributed by atoms with Crippen molar-refractivity contribution in [2.75, 3.05) is 11.6 Å². The number of halogens is 1. The molecule has 0 fully saturated rings. The van der Waals surface area contributed by atoms with E-state index in [0.29, 0.717) is 29.1 Å². The van der Waals surface area contributed by atoms with Crippen molar-refractivity contribution in [3.8, 4) is 11.6 Å². The molecule has 0 radical (unpaired) electrons. The van der Waals surface area contributed by atoms with E-state index in [0.717, 1.165) is 23.2 Å². The largest absolute Gasteiger partial charge is 0.439 e. The van der Waals surface area contributed by atoms with Gasteiger partial charge in [-0.1, -0.05) is 12.1 Å². The van der Waals surface area contributed by atoms with Gasteiger partial charge in [0.2, 0.25) is 5.88 Å². The Bertz CT molecular complexity index is 1370. The lowest BCUT2D eigenvalue weighted by molar-refractivity contribution is 0.455. The number of aryl methyl sites for hydroxylation is 1. The second-order valence-electron chi connectivity index (χ2n) is 7.14. The monoisotopic (exact) mass is 437 g/mol. The summed E-state index contributed by atoms with van der Waals surface area (Å²) in [5.74, 6) is 0.384. The average Bonchev–Trinajstić information content (AvgIpc) is 2.73. The zero-order valence-electron chi connectivity index (χ0n) is 17.0. The maximum atomic E-state index is 13.8. The van der Waals surface area contributed by atoms with Crippen LogP contribution in [0.1, 0.15) is 11.3 Å². The van der Waals surface area contributed by atoms with Crippen molar-refractivity contribution in [2.24, 2.45) is 0 Å². The SMILES string of the molecule is Cc1cc(NCc2cccnc2Oc2cccc(S(C)(=O)=O)c2)c2cc(F)ccc2n1. The highest BCUT2D eigenvalue weighted by Gasteiger charge is 2.12. The third kappa shape index (κ3) is 4.80. The summed E-state index contributed by atoms with van der Waals surface area (Å²) >= 11 is 0. The van der Waals surface area contributed by atoms with E-state index >= 15 is 0 Å². The molecule has 0 atom stereocenters. The smallest absolute Gasteiger partial charge is 0.224 e. The van der Waals surface area contributed by atoms with Crippen LogP contribution in [-0.2, 0) is 16.4 Å². The van der Waals surface area contributed by atoms with Crippen molar-refractivity contribution in [1.29, 1.82) is 0 Å². The van der Waals surface area contributed by atoms with E-state index in [9.17, 15) is 12.8 Å². The Morgan fingerprint density at radius 3 is 2.71 bits per heavy atom. The highest BCUT2D eigenvalue weighted by atomic mass is 32.2. The van der Waals surface area contributed by atoms with Crippen LogP contribution in [0.3, 0.4) is 0 Å². The highest BCUT2D eigenvalue weighted by molar-refractivity contribution is 7.90. The Balaban J connectivity index is 1.61. The van der Waals surface area contributed by atoms with Crippen LogP contribution in [0.2, 0.25) is 0 Å². The van der Waals surface area contributed by atoms with Crippen molar-refractivity contribution >= 4 is 26.4 Å². The molecule has 158 valence electrons. The third-order valence-corrected chi connectivity index (χ3v) is 5.78. The first-order chi connectivity index (χ1) is 14.8. The zero-order valence-corrected chi connectivity index (χ0v) is 17.8. The topological polar surface area (TPSA) is 81.2 Å². The molecule has 0 aliphatic carbocycles. The Kier molecular flexibility index (Phi) is 5.56. The summed E-state index contributed by atoms with van der Waals surface area (Å²) in [5, 5.41) is 3.99. The maximum absolute atomic E-state index is 13.8. The van der Waals surface area contributed by atoms with Gasteiger partial charge >= 0.3 is 0 Å². The summed E-state index contributed by atoms with van der Waals surface area (Å²) < 4.78 is 43.3. The number of fused-ring (bicyclic) bond motifs is 1. The first-order valence-corrected chi connectivity index (χ1v) is 11.4. The Labute approximate surface area is 179 Å². The van der Waals surface area contributed by atoms with Gasteiger partial charge in [0.1, 0.15) is 11.6 Å². The molecule has 0 saturated heterocycles. The van der Waals surface area contributed by atoms with Crippen LogP contribution in [0, 0.1) is 12.7 Å². The molecular weight excluding hydrogens is 417 g/mol. The Hall–Kier alpha value is -3.52. The van der Waals surface area contributed by atoms with E-state index in [1.165, 1.54) is 24.3 Å². The van der Waals surface area contributed by atoms with Crippen LogP contribution in [0.15, 0.2) is 71.8 Å². The summed E-state index contributed by atoms with van der Waals surface area (Å²) in [4.78, 5) is 8.90. The lowest BCUT2D eigenvalue weighted by Gasteiger charge is -2.14. The van der Waals surface area contributed by atoms with Gasteiger partial charge in [-0.15, -0.1) is 0 Å². The summed E-state index contributed by atoms with van der Waals surface area (Å²) in [7, 11) is -3.35. The number of ether oxygens (including phenoxy) is 1. The number of rotatable bonds is 6. The van der Waals surface area contributed by atoms with Crippen molar-refractivity contribution in [2.45, 2.75) is 18.4 Å². The van der Waals surface area contributed by atoms with E-state index in [1.807, 2.05) is 19.1 Å². The minimum atomic E-state index is -3.35. The molecule has 0 aliphatic heterocycles. The minimum Gasteiger partial charge on any atom is -0.439 e. The number of sulfone groups is 1. The first-order valence-electron chi connectivity index (χ1n) is 9.52. The second-order valence-corrected chi connectivity index (χ2v) is 9.16. The standard InChI is InChI=1S/C23H20FN3O3S/c1-15-11-22(20-12-17(24)8-9-21(20)27-15)26-14-16-5-4-10-25-23(16)30-18-6-3-7-19(13-18)31(2,28)29/h3-13H,14H2,1-2H3,(H,26,27). The molecule has 4 rings (SSSR count). The van der Waals surface area contributed by atoms with E-state index < -0.39 is 9.84 Å². The predicted molar refractivity (Wildman–Crippen MR) is 118 cm³/mol. The molecule has 2 heterocycles. The molecule has 6 nitrogen and oxygen atoms in total. The Morgan fingerprint density at radius 1 is 1.06 bits per heavy atom. The normalized spacial score (nSPS) is 11.5. The quantitative estimate of drug-likeness (QED) is 0.463. The van der Waals surface area contributed by atoms with Crippen LogP contribution in [0.5, 0.6) is 11.6 Å². The van der Waals surface area contributed by atoms with Crippen LogP contribution < -0.4 is 10.1 Å². The summed E-state index contributed by atoms with van der Waals surface area (Å²) in [6.45, 7) is 2.24. The fraction of sp³-hybridized carbons (Fsp3) is 0.130. The van der Waals surface area contributed by atoms with Gasteiger partial charge in [-0.25, -0.2) is 17.8 Å². The van der Waals surface area contributed by atoms with Gasteiger partial charge in [-0.3, -0.25) is 4.98 Å². The highest BCUT2D eigenvalue weighted by Crippen LogP contribution is 2.28. The number of anilines is 1. The van der Waals surface area contributed by atoms with Crippen molar-refractivity contribution in [3.63, 3.8) is 0 Å². The number of benzene rings is 2. The predicted octanol–water partition coefficient (Wildman–Crippen LogP) is 4.89. The number of aromatic nitrogens is 2. The fourth-order valence-corrected chi connectivity index (χ4v) is 3.85. The summed E-state index contributed by atoms with van der Waals surface area (Å²) in [6, 6.07) is 16.2. The van der Waals surface area contributed by atoms with E-state index in [4.69, 9.17) is 4.74 Å². The van der Waals surface area contributed by atoms with Gasteiger partial charge in [0.15, 0.2) is 9.84 Å². The lowest BCUT2D eigenvalue weighted by Crippen LogP contribution is -2.04. The molecule has 4 aromatic rings. The van der Waals surface area contributed by atoms with Gasteiger partial charge in [-0.2, -0.15) is 0 Å². The van der Waals surface area contributed by atoms with E-state index in [1.54, 1.807) is 30.5 Å². The van der Waals surface area contributed by atoms with Crippen LogP contribution in [0.4, 0.5) is 10.1 Å². The number of pyridine rings is 2. The third-order valence-electron chi connectivity index (χ3n) is 4.67. The molecule has 31 heavy (non-hydrogen) atoms. The van der Waals surface area contributed by atoms with E-state index in [-0.39, 0.29) is 10.7 Å². The molecule has 2 aromatic heterocycles. The van der Waals surface area contributed by atoms with Crippen molar-refractivity contribution in [3.05, 3.63) is 83.9 Å². The van der Waals surface area contributed by atoms with Gasteiger partial charge in [0.05, 0.1) is 10.4 Å². The van der Waals surface area contributed by atoms with Gasteiger partial charge in [0, 0.05) is 41.3 Å². The zero-order chi connectivity index (χ0) is 22.0. The molecule has 8 heteroatoms. The molecule has 1 N–H and O–H groups in total. The Morgan fingerprint density at radius 2 is 1.90 bits per heavy atom. The molecule has 0 aliphatic rings. The van der Waals surface area contributed by atoms with Crippen LogP contribution in [0.25, 0.3) is 10.9 Å². The van der Waals surface area contributed by atoms with Crippen molar-refractivity contribution < 1.29 is 17.5 Å². The minimum absolute atomic E-state index is 0.168. The van der Waals surface area contributed by atoms with E-state index in [2.05, 4.69) is 15.3 Å². The van der Waals surface area contributed by atoms with Gasteiger partial charge < -0.3 is 10.1 Å². The average molecular weight is 437 g/mol. The first kappa shape index (κ1) is 20.7. The second kappa shape index (κ2) is 8.31. The molecule has 0 saturated carbocycles. The van der Waals surface area contributed by atoms with Gasteiger partial charge in [-0.05, 0) is 55.5 Å². The maximum Gasteiger partial charge on any atom is 0.224 e. The van der Waals surface area contributed by atoms with Gasteiger partial charge in [0.25, 0.3) is 0 Å². The molecule has 0 unspecified atom stereocenters. The number of nitrogens with zero attached hydrogens (tertiary/aromatic N) is 2. The lowest BCUT2D eigenvalue weighted by atomic mass is 10.1. The number of hydrogen-bond donors (Lipinski definition) is 1. The summed E-state index contributed by atoms with van der Waals surface area (Å²) in [6.07, 6.45) is 2.74. The van der Waals surface area contributed by atoms with Crippen LogP contribution in [-0.4, -0.2) is 24.6 Å². The molecule has 0 amide bonds. The van der Waals surface area contributed by atoms with Crippen molar-refractivity contribution in [1.82, 2.24) is 9.97 Å². The fourth-order valence-electron chi connectivity index (χ4n) is 3.20. The number of hydrogen-bond acceptors (Lipinski definition) is 6. The summed E-state index contributed by atoms with van der Waals surface area (Å²) in [5.41, 5.74) is 3.01. The molecule has 0 bridgehead atoms. The molecular formula is C23H20FN3O3S. The van der Waals surface area contributed by atoms with Crippen LogP contribution >= 0.6 is 0 Å². The molecule has 0 spiro atoms.